The zero-order chi connectivity index (χ0) is 14.0. The summed E-state index contributed by atoms with van der Waals surface area (Å²) in [6, 6.07) is 4.33. The second kappa shape index (κ2) is 5.88. The van der Waals surface area contributed by atoms with Crippen LogP contribution in [0.3, 0.4) is 0 Å². The Morgan fingerprint density at radius 2 is 1.95 bits per heavy atom. The summed E-state index contributed by atoms with van der Waals surface area (Å²) in [4.78, 5) is 0. The van der Waals surface area contributed by atoms with E-state index in [2.05, 4.69) is 60.1 Å². The molecule has 0 aliphatic rings. The lowest BCUT2D eigenvalue weighted by molar-refractivity contribution is 0.657. The first kappa shape index (κ1) is 14.3. The summed E-state index contributed by atoms with van der Waals surface area (Å²) < 4.78 is 3.10. The van der Waals surface area contributed by atoms with Crippen LogP contribution in [0.15, 0.2) is 29.0 Å². The molecular formula is C15H20BrN3. The van der Waals surface area contributed by atoms with Crippen LogP contribution < -0.4 is 5.73 Å². The van der Waals surface area contributed by atoms with Crippen molar-refractivity contribution in [3.05, 3.63) is 51.3 Å². The van der Waals surface area contributed by atoms with Gasteiger partial charge < -0.3 is 5.73 Å². The summed E-state index contributed by atoms with van der Waals surface area (Å²) in [7, 11) is 0. The fraction of sp³-hybridized carbons (Fsp3) is 0.400. The predicted molar refractivity (Wildman–Crippen MR) is 82.1 cm³/mol. The van der Waals surface area contributed by atoms with Crippen LogP contribution in [0.25, 0.3) is 0 Å². The van der Waals surface area contributed by atoms with Crippen molar-refractivity contribution in [1.82, 2.24) is 9.78 Å². The molecular weight excluding hydrogens is 302 g/mol. The lowest BCUT2D eigenvalue weighted by atomic mass is 9.98. The number of hydrogen-bond donors (Lipinski definition) is 1. The van der Waals surface area contributed by atoms with E-state index >= 15 is 0 Å². The van der Waals surface area contributed by atoms with E-state index in [-0.39, 0.29) is 6.04 Å². The van der Waals surface area contributed by atoms with Gasteiger partial charge in [0.25, 0.3) is 0 Å². The number of halogens is 1. The zero-order valence-corrected chi connectivity index (χ0v) is 13.2. The number of hydrogen-bond acceptors (Lipinski definition) is 2. The Labute approximate surface area is 122 Å². The topological polar surface area (TPSA) is 43.8 Å². The zero-order valence-electron chi connectivity index (χ0n) is 11.7. The Balaban J connectivity index is 2.17. The van der Waals surface area contributed by atoms with Crippen molar-refractivity contribution in [1.29, 1.82) is 0 Å². The molecule has 1 aromatic carbocycles. The summed E-state index contributed by atoms with van der Waals surface area (Å²) in [5, 5.41) is 4.28. The molecule has 1 aromatic heterocycles. The molecule has 0 bridgehead atoms. The SMILES string of the molecule is CCn1cc(CC(N)c2cc(C)c(Br)c(C)c2)cn1. The summed E-state index contributed by atoms with van der Waals surface area (Å²) in [6.45, 7) is 7.18. The molecule has 0 fully saturated rings. The number of rotatable bonds is 4. The predicted octanol–water partition coefficient (Wildman–Crippen LogP) is 3.52. The average molecular weight is 322 g/mol. The molecule has 19 heavy (non-hydrogen) atoms. The molecule has 4 heteroatoms. The first-order chi connectivity index (χ1) is 9.01. The van der Waals surface area contributed by atoms with Gasteiger partial charge in [0, 0.05) is 23.3 Å². The highest BCUT2D eigenvalue weighted by Gasteiger charge is 2.11. The van der Waals surface area contributed by atoms with E-state index in [4.69, 9.17) is 5.73 Å². The van der Waals surface area contributed by atoms with E-state index in [9.17, 15) is 0 Å². The second-order valence-electron chi connectivity index (χ2n) is 4.98. The largest absolute Gasteiger partial charge is 0.324 e. The minimum atomic E-state index is 0.0139. The van der Waals surface area contributed by atoms with Crippen LogP contribution in [0.5, 0.6) is 0 Å². The summed E-state index contributed by atoms with van der Waals surface area (Å²) in [5.41, 5.74) is 11.1. The lowest BCUT2D eigenvalue weighted by Crippen LogP contribution is -2.13. The van der Waals surface area contributed by atoms with Gasteiger partial charge in [-0.3, -0.25) is 4.68 Å². The second-order valence-corrected chi connectivity index (χ2v) is 5.78. The van der Waals surface area contributed by atoms with Crippen LogP contribution in [-0.2, 0) is 13.0 Å². The third-order valence-electron chi connectivity index (χ3n) is 3.35. The van der Waals surface area contributed by atoms with E-state index in [0.717, 1.165) is 13.0 Å². The van der Waals surface area contributed by atoms with Gasteiger partial charge in [-0.25, -0.2) is 0 Å². The first-order valence-electron chi connectivity index (χ1n) is 6.54. The van der Waals surface area contributed by atoms with Gasteiger partial charge in [-0.15, -0.1) is 0 Å². The van der Waals surface area contributed by atoms with Crippen molar-refractivity contribution >= 4 is 15.9 Å². The molecule has 0 saturated heterocycles. The van der Waals surface area contributed by atoms with Gasteiger partial charge in [-0.1, -0.05) is 28.1 Å². The summed E-state index contributed by atoms with van der Waals surface area (Å²) >= 11 is 3.59. The molecule has 1 atom stereocenters. The standard InChI is InChI=1S/C15H20BrN3/c1-4-19-9-12(8-18-19)7-14(17)13-5-10(2)15(16)11(3)6-13/h5-6,8-9,14H,4,7,17H2,1-3H3. The summed E-state index contributed by atoms with van der Waals surface area (Å²) in [5.74, 6) is 0. The summed E-state index contributed by atoms with van der Waals surface area (Å²) in [6.07, 6.45) is 4.79. The molecule has 0 amide bonds. The third-order valence-corrected chi connectivity index (χ3v) is 4.60. The monoisotopic (exact) mass is 321 g/mol. The van der Waals surface area contributed by atoms with Crippen LogP contribution in [0.1, 0.15) is 35.2 Å². The van der Waals surface area contributed by atoms with Crippen LogP contribution >= 0.6 is 15.9 Å². The van der Waals surface area contributed by atoms with Crippen molar-refractivity contribution in [2.45, 2.75) is 39.8 Å². The molecule has 0 aliphatic carbocycles. The third kappa shape index (κ3) is 3.25. The molecule has 0 radical (unpaired) electrons. The average Bonchev–Trinajstić information content (AvgIpc) is 2.83. The molecule has 102 valence electrons. The van der Waals surface area contributed by atoms with E-state index in [1.165, 1.54) is 26.7 Å². The number of nitrogens with zero attached hydrogens (tertiary/aromatic N) is 2. The van der Waals surface area contributed by atoms with E-state index in [1.807, 2.05) is 10.9 Å². The molecule has 1 heterocycles. The number of benzene rings is 1. The van der Waals surface area contributed by atoms with E-state index in [0.29, 0.717) is 0 Å². The fourth-order valence-electron chi connectivity index (χ4n) is 2.25. The number of nitrogens with two attached hydrogens (primary N) is 1. The van der Waals surface area contributed by atoms with Crippen LogP contribution in [0.2, 0.25) is 0 Å². The molecule has 2 N–H and O–H groups in total. The van der Waals surface area contributed by atoms with Gasteiger partial charge in [-0.05, 0) is 49.4 Å². The maximum Gasteiger partial charge on any atom is 0.0522 e. The van der Waals surface area contributed by atoms with Crippen molar-refractivity contribution in [2.75, 3.05) is 0 Å². The smallest absolute Gasteiger partial charge is 0.0522 e. The van der Waals surface area contributed by atoms with Gasteiger partial charge in [0.15, 0.2) is 0 Å². The van der Waals surface area contributed by atoms with Crippen molar-refractivity contribution < 1.29 is 0 Å². The molecule has 2 aromatic rings. The van der Waals surface area contributed by atoms with Crippen molar-refractivity contribution in [3.63, 3.8) is 0 Å². The van der Waals surface area contributed by atoms with Gasteiger partial charge >= 0.3 is 0 Å². The van der Waals surface area contributed by atoms with Crippen molar-refractivity contribution in [3.8, 4) is 0 Å². The highest BCUT2D eigenvalue weighted by atomic mass is 79.9. The van der Waals surface area contributed by atoms with Gasteiger partial charge in [-0.2, -0.15) is 5.10 Å². The van der Waals surface area contributed by atoms with Crippen molar-refractivity contribution in [2.24, 2.45) is 5.73 Å². The highest BCUT2D eigenvalue weighted by molar-refractivity contribution is 9.10. The van der Waals surface area contributed by atoms with Crippen LogP contribution in [0.4, 0.5) is 0 Å². The molecule has 1 unspecified atom stereocenters. The molecule has 0 spiro atoms. The lowest BCUT2D eigenvalue weighted by Gasteiger charge is -2.14. The minimum Gasteiger partial charge on any atom is -0.324 e. The van der Waals surface area contributed by atoms with Gasteiger partial charge in [0.05, 0.1) is 6.20 Å². The normalized spacial score (nSPS) is 12.7. The Morgan fingerprint density at radius 3 is 2.47 bits per heavy atom. The van der Waals surface area contributed by atoms with Crippen LogP contribution in [0, 0.1) is 13.8 Å². The Hall–Kier alpha value is -1.13. The van der Waals surface area contributed by atoms with E-state index < -0.39 is 0 Å². The van der Waals surface area contributed by atoms with Gasteiger partial charge in [0.1, 0.15) is 0 Å². The molecule has 0 saturated carbocycles. The quantitative estimate of drug-likeness (QED) is 0.936. The maximum atomic E-state index is 6.31. The molecule has 2 rings (SSSR count). The minimum absolute atomic E-state index is 0.0139. The molecule has 0 aliphatic heterocycles. The first-order valence-corrected chi connectivity index (χ1v) is 7.34. The van der Waals surface area contributed by atoms with E-state index in [1.54, 1.807) is 0 Å². The van der Waals surface area contributed by atoms with Gasteiger partial charge in [0.2, 0.25) is 0 Å². The Bertz CT molecular complexity index is 552. The van der Waals surface area contributed by atoms with Crippen LogP contribution in [-0.4, -0.2) is 9.78 Å². The maximum absolute atomic E-state index is 6.31. The number of aryl methyl sites for hydroxylation is 3. The Morgan fingerprint density at radius 1 is 1.32 bits per heavy atom. The highest BCUT2D eigenvalue weighted by Crippen LogP contribution is 2.26. The number of aromatic nitrogens is 2. The molecule has 3 nitrogen and oxygen atoms in total. The Kier molecular flexibility index (Phi) is 4.42. The fourth-order valence-corrected chi connectivity index (χ4v) is 2.48.